The molecular formula is C19H18O. The van der Waals surface area contributed by atoms with Gasteiger partial charge in [0.2, 0.25) is 0 Å². The molecule has 0 aromatic heterocycles. The number of aliphatic hydroxyl groups is 1. The van der Waals surface area contributed by atoms with Crippen molar-refractivity contribution in [3.8, 4) is 0 Å². The van der Waals surface area contributed by atoms with Crippen LogP contribution in [0.1, 0.15) is 28.4 Å². The van der Waals surface area contributed by atoms with E-state index in [-0.39, 0.29) is 0 Å². The Hall–Kier alpha value is -2.12. The molecule has 1 atom stereocenters. The minimum Gasteiger partial charge on any atom is -0.384 e. The maximum Gasteiger partial charge on any atom is 0.104 e. The lowest BCUT2D eigenvalue weighted by Crippen LogP contribution is -2.02. The van der Waals surface area contributed by atoms with Gasteiger partial charge in [-0.3, -0.25) is 0 Å². The SMILES string of the molecule is Cc1ccc(C)c(C(O)c2ccc3ccccc3c2)c1. The summed E-state index contributed by atoms with van der Waals surface area (Å²) in [7, 11) is 0. The largest absolute Gasteiger partial charge is 0.384 e. The van der Waals surface area contributed by atoms with Gasteiger partial charge in [0.1, 0.15) is 6.10 Å². The molecule has 1 N–H and O–H groups in total. The average Bonchev–Trinajstić information content (AvgIpc) is 2.48. The second-order valence-electron chi connectivity index (χ2n) is 5.37. The minimum atomic E-state index is -0.570. The molecule has 1 nitrogen and oxygen atoms in total. The summed E-state index contributed by atoms with van der Waals surface area (Å²) in [5.74, 6) is 0. The maximum atomic E-state index is 10.7. The van der Waals surface area contributed by atoms with Crippen molar-refractivity contribution in [3.05, 3.63) is 82.9 Å². The van der Waals surface area contributed by atoms with Gasteiger partial charge in [0.05, 0.1) is 0 Å². The van der Waals surface area contributed by atoms with E-state index in [1.807, 2.05) is 25.1 Å². The predicted molar refractivity (Wildman–Crippen MR) is 83.9 cm³/mol. The number of aryl methyl sites for hydroxylation is 2. The first-order valence-corrected chi connectivity index (χ1v) is 6.89. The Bertz CT molecular complexity index is 759. The van der Waals surface area contributed by atoms with E-state index in [0.717, 1.165) is 22.1 Å². The number of aliphatic hydroxyl groups excluding tert-OH is 1. The molecule has 3 rings (SSSR count). The second kappa shape index (κ2) is 5.10. The molecule has 0 amide bonds. The molecule has 1 heteroatoms. The molecule has 0 radical (unpaired) electrons. The number of fused-ring (bicyclic) bond motifs is 1. The van der Waals surface area contributed by atoms with Crippen LogP contribution in [0.5, 0.6) is 0 Å². The van der Waals surface area contributed by atoms with Crippen molar-refractivity contribution in [3.63, 3.8) is 0 Å². The van der Waals surface area contributed by atoms with Gasteiger partial charge in [-0.05, 0) is 47.4 Å². The van der Waals surface area contributed by atoms with Crippen molar-refractivity contribution in [2.45, 2.75) is 20.0 Å². The highest BCUT2D eigenvalue weighted by molar-refractivity contribution is 5.83. The van der Waals surface area contributed by atoms with E-state index < -0.39 is 6.10 Å². The van der Waals surface area contributed by atoms with Crippen LogP contribution in [0.25, 0.3) is 10.8 Å². The van der Waals surface area contributed by atoms with Crippen molar-refractivity contribution >= 4 is 10.8 Å². The zero-order valence-electron chi connectivity index (χ0n) is 11.8. The Kier molecular flexibility index (Phi) is 3.29. The van der Waals surface area contributed by atoms with E-state index >= 15 is 0 Å². The van der Waals surface area contributed by atoms with Crippen LogP contribution in [-0.2, 0) is 0 Å². The van der Waals surface area contributed by atoms with Gasteiger partial charge in [0, 0.05) is 0 Å². The molecule has 100 valence electrons. The van der Waals surface area contributed by atoms with Gasteiger partial charge in [-0.25, -0.2) is 0 Å². The number of rotatable bonds is 2. The van der Waals surface area contributed by atoms with Crippen molar-refractivity contribution in [2.24, 2.45) is 0 Å². The molecule has 0 bridgehead atoms. The lowest BCUT2D eigenvalue weighted by Gasteiger charge is -2.15. The standard InChI is InChI=1S/C19H18O/c1-13-7-8-14(2)18(11-13)19(20)17-10-9-15-5-3-4-6-16(15)12-17/h3-12,19-20H,1-2H3. The molecular weight excluding hydrogens is 244 g/mol. The molecule has 1 unspecified atom stereocenters. The van der Waals surface area contributed by atoms with E-state index in [4.69, 9.17) is 0 Å². The van der Waals surface area contributed by atoms with Crippen LogP contribution in [-0.4, -0.2) is 5.11 Å². The summed E-state index contributed by atoms with van der Waals surface area (Å²) in [6, 6.07) is 20.6. The molecule has 0 aliphatic carbocycles. The summed E-state index contributed by atoms with van der Waals surface area (Å²) in [6.07, 6.45) is -0.570. The zero-order valence-corrected chi connectivity index (χ0v) is 11.8. The van der Waals surface area contributed by atoms with Gasteiger partial charge in [-0.15, -0.1) is 0 Å². The zero-order chi connectivity index (χ0) is 14.1. The number of benzene rings is 3. The van der Waals surface area contributed by atoms with Crippen molar-refractivity contribution in [1.29, 1.82) is 0 Å². The molecule has 3 aromatic rings. The van der Waals surface area contributed by atoms with Gasteiger partial charge in [0.25, 0.3) is 0 Å². The predicted octanol–water partition coefficient (Wildman–Crippen LogP) is 4.54. The fourth-order valence-corrected chi connectivity index (χ4v) is 2.61. The highest BCUT2D eigenvalue weighted by atomic mass is 16.3. The molecule has 0 fully saturated rings. The Morgan fingerprint density at radius 2 is 1.55 bits per heavy atom. The Morgan fingerprint density at radius 1 is 0.800 bits per heavy atom. The highest BCUT2D eigenvalue weighted by Crippen LogP contribution is 2.28. The van der Waals surface area contributed by atoms with Crippen LogP contribution in [0.3, 0.4) is 0 Å². The number of hydrogen-bond donors (Lipinski definition) is 1. The smallest absolute Gasteiger partial charge is 0.104 e. The molecule has 0 saturated carbocycles. The fourth-order valence-electron chi connectivity index (χ4n) is 2.61. The van der Waals surface area contributed by atoms with Gasteiger partial charge in [-0.1, -0.05) is 60.2 Å². The molecule has 0 aliphatic heterocycles. The van der Waals surface area contributed by atoms with Gasteiger partial charge >= 0.3 is 0 Å². The van der Waals surface area contributed by atoms with Gasteiger partial charge in [0.15, 0.2) is 0 Å². The van der Waals surface area contributed by atoms with Crippen molar-refractivity contribution in [2.75, 3.05) is 0 Å². The normalized spacial score (nSPS) is 12.6. The number of hydrogen-bond acceptors (Lipinski definition) is 1. The molecule has 0 saturated heterocycles. The van der Waals surface area contributed by atoms with Crippen LogP contribution in [0, 0.1) is 13.8 Å². The lowest BCUT2D eigenvalue weighted by molar-refractivity contribution is 0.219. The van der Waals surface area contributed by atoms with E-state index in [0.29, 0.717) is 0 Å². The third kappa shape index (κ3) is 2.33. The summed E-state index contributed by atoms with van der Waals surface area (Å²) in [5, 5.41) is 13.0. The molecule has 0 spiro atoms. The van der Waals surface area contributed by atoms with Crippen LogP contribution >= 0.6 is 0 Å². The summed E-state index contributed by atoms with van der Waals surface area (Å²) in [6.45, 7) is 4.09. The lowest BCUT2D eigenvalue weighted by atomic mass is 9.94. The summed E-state index contributed by atoms with van der Waals surface area (Å²) < 4.78 is 0. The first kappa shape index (κ1) is 12.9. The van der Waals surface area contributed by atoms with E-state index in [1.54, 1.807) is 0 Å². The first-order chi connectivity index (χ1) is 9.65. The fraction of sp³-hybridized carbons (Fsp3) is 0.158. The van der Waals surface area contributed by atoms with Crippen LogP contribution in [0.4, 0.5) is 0 Å². The highest BCUT2D eigenvalue weighted by Gasteiger charge is 2.13. The Morgan fingerprint density at radius 3 is 2.35 bits per heavy atom. The van der Waals surface area contributed by atoms with Crippen LogP contribution in [0.15, 0.2) is 60.7 Å². The third-order valence-electron chi connectivity index (χ3n) is 3.82. The minimum absolute atomic E-state index is 0.570. The molecule has 3 aromatic carbocycles. The molecule has 20 heavy (non-hydrogen) atoms. The quantitative estimate of drug-likeness (QED) is 0.719. The van der Waals surface area contributed by atoms with Crippen molar-refractivity contribution in [1.82, 2.24) is 0 Å². The van der Waals surface area contributed by atoms with E-state index in [9.17, 15) is 5.11 Å². The van der Waals surface area contributed by atoms with Crippen LogP contribution in [0.2, 0.25) is 0 Å². The van der Waals surface area contributed by atoms with Crippen molar-refractivity contribution < 1.29 is 5.11 Å². The van der Waals surface area contributed by atoms with E-state index in [1.165, 1.54) is 10.9 Å². The Balaban J connectivity index is 2.07. The van der Waals surface area contributed by atoms with Crippen LogP contribution < -0.4 is 0 Å². The summed E-state index contributed by atoms with van der Waals surface area (Å²) in [4.78, 5) is 0. The third-order valence-corrected chi connectivity index (χ3v) is 3.82. The summed E-state index contributed by atoms with van der Waals surface area (Å²) >= 11 is 0. The first-order valence-electron chi connectivity index (χ1n) is 6.89. The van der Waals surface area contributed by atoms with Gasteiger partial charge in [-0.2, -0.15) is 0 Å². The molecule has 0 heterocycles. The topological polar surface area (TPSA) is 20.2 Å². The van der Waals surface area contributed by atoms with Gasteiger partial charge < -0.3 is 5.11 Å². The summed E-state index contributed by atoms with van der Waals surface area (Å²) in [5.41, 5.74) is 4.22. The Labute approximate surface area is 119 Å². The molecule has 0 aliphatic rings. The second-order valence-corrected chi connectivity index (χ2v) is 5.37. The average molecular weight is 262 g/mol. The monoisotopic (exact) mass is 262 g/mol. The maximum absolute atomic E-state index is 10.7. The van der Waals surface area contributed by atoms with E-state index in [2.05, 4.69) is 49.4 Å².